The summed E-state index contributed by atoms with van der Waals surface area (Å²) in [5.74, 6) is -5.18. The molecule has 3 aliphatic carbocycles. The molecule has 1 aromatic rings. The third-order valence-electron chi connectivity index (χ3n) is 7.77. The fraction of sp³-hybridized carbons (Fsp3) is 0.708. The zero-order valence-electron chi connectivity index (χ0n) is 23.9. The van der Waals surface area contributed by atoms with Crippen molar-refractivity contribution in [2.45, 2.75) is 87.8 Å². The Hall–Kier alpha value is -1.75. The van der Waals surface area contributed by atoms with Gasteiger partial charge in [-0.15, -0.1) is 0 Å². The third-order valence-corrected chi connectivity index (χ3v) is 7.77. The van der Waals surface area contributed by atoms with Crippen molar-refractivity contribution in [3.63, 3.8) is 0 Å². The molecule has 9 nitrogen and oxygen atoms in total. The molecule has 0 aromatic heterocycles. The molecule has 9 heteroatoms. The van der Waals surface area contributed by atoms with E-state index in [0.29, 0.717) is 0 Å². The second-order valence-electron chi connectivity index (χ2n) is 9.51. The summed E-state index contributed by atoms with van der Waals surface area (Å²) in [6.45, 7) is 1.57. The number of aliphatic hydroxyl groups is 4. The summed E-state index contributed by atoms with van der Waals surface area (Å²) in [4.78, 5) is 11.5. The Bertz CT molecular complexity index is 1200. The van der Waals surface area contributed by atoms with Crippen LogP contribution in [-0.4, -0.2) is 79.5 Å². The summed E-state index contributed by atoms with van der Waals surface area (Å²) in [6, 6.07) is 0.545. The molecule has 182 valence electrons. The number of carbonyl (C=O) groups is 1. The number of aromatic hydroxyl groups is 1. The largest absolute Gasteiger partial charge is 0.508 e. The van der Waals surface area contributed by atoms with Gasteiger partial charge in [0, 0.05) is 2.74 Å². The van der Waals surface area contributed by atoms with Gasteiger partial charge < -0.3 is 40.1 Å². The third kappa shape index (κ3) is 3.57. The molecule has 2 saturated carbocycles. The van der Waals surface area contributed by atoms with Gasteiger partial charge >= 0.3 is 5.97 Å². The highest BCUT2D eigenvalue weighted by Gasteiger charge is 2.59. The van der Waals surface area contributed by atoms with Crippen molar-refractivity contribution in [3.8, 4) is 5.75 Å². The standard InChI is InChI=1S/C24H32O9/c1-24-7-6-13-12-5-3-11(25)8-10(12)2-4-14(13)15(24)9-16(21(24)29)32-23-19(28)17(26)18(27)20(33-23)22(30)31/h3,5,8,13-21,23,25-29H,2,4,6-7,9H2,1H3,(H,30,31)/t13-,14-,15+,16-,17+,18+,19-,20+,21+,23?,24+/m1/s1/i2D,3D,8D,13D,16D,21D/t2?,13-,14-,15+,16-,17+,18+,19-,20+,21+,23?,24+. The molecule has 1 aromatic carbocycles. The molecule has 5 rings (SSSR count). The van der Waals surface area contributed by atoms with Crippen molar-refractivity contribution < 1.29 is 53.1 Å². The smallest absolute Gasteiger partial charge is 0.335 e. The number of ether oxygens (including phenoxy) is 2. The van der Waals surface area contributed by atoms with Gasteiger partial charge in [0.1, 0.15) is 24.1 Å². The first-order valence-corrected chi connectivity index (χ1v) is 11.0. The van der Waals surface area contributed by atoms with E-state index in [1.165, 1.54) is 6.07 Å². The van der Waals surface area contributed by atoms with Crippen LogP contribution < -0.4 is 0 Å². The summed E-state index contributed by atoms with van der Waals surface area (Å²) in [5.41, 5.74) is -0.967. The number of aliphatic hydroxyl groups excluding tert-OH is 3. The van der Waals surface area contributed by atoms with Crippen LogP contribution in [0.4, 0.5) is 0 Å². The first-order chi connectivity index (χ1) is 17.9. The average Bonchev–Trinajstić information content (AvgIpc) is 3.01. The molecule has 33 heavy (non-hydrogen) atoms. The van der Waals surface area contributed by atoms with Crippen LogP contribution in [0.25, 0.3) is 0 Å². The first kappa shape index (κ1) is 16.8. The highest BCUT2D eigenvalue weighted by Crippen LogP contribution is 2.61. The number of fused-ring (bicyclic) bond motifs is 5. The van der Waals surface area contributed by atoms with Gasteiger partial charge in [0.2, 0.25) is 0 Å². The van der Waals surface area contributed by atoms with Crippen molar-refractivity contribution >= 4 is 5.97 Å². The Balaban J connectivity index is 1.52. The van der Waals surface area contributed by atoms with E-state index in [1.807, 2.05) is 0 Å². The zero-order valence-corrected chi connectivity index (χ0v) is 17.9. The van der Waals surface area contributed by atoms with Crippen LogP contribution in [0.1, 0.15) is 57.9 Å². The molecule has 0 bridgehead atoms. The lowest BCUT2D eigenvalue weighted by Gasteiger charge is -2.49. The van der Waals surface area contributed by atoms with Gasteiger partial charge in [0.15, 0.2) is 12.4 Å². The van der Waals surface area contributed by atoms with E-state index in [-0.39, 0.29) is 48.9 Å². The topological polar surface area (TPSA) is 157 Å². The Morgan fingerprint density at radius 1 is 1.27 bits per heavy atom. The van der Waals surface area contributed by atoms with E-state index in [0.717, 1.165) is 0 Å². The van der Waals surface area contributed by atoms with Crippen LogP contribution in [0.5, 0.6) is 5.75 Å². The number of phenols is 1. The minimum atomic E-state index is -2.68. The lowest BCUT2D eigenvalue weighted by molar-refractivity contribution is -0.309. The van der Waals surface area contributed by atoms with Gasteiger partial charge in [0.25, 0.3) is 0 Å². The predicted octanol–water partition coefficient (Wildman–Crippen LogP) is 0.496. The zero-order chi connectivity index (χ0) is 29.0. The second kappa shape index (κ2) is 8.18. The van der Waals surface area contributed by atoms with Gasteiger partial charge in [-0.05, 0) is 78.4 Å². The van der Waals surface area contributed by atoms with E-state index < -0.39 is 84.1 Å². The predicted molar refractivity (Wildman–Crippen MR) is 113 cm³/mol. The number of hydrogen-bond donors (Lipinski definition) is 6. The van der Waals surface area contributed by atoms with Gasteiger partial charge in [-0.3, -0.25) is 0 Å². The van der Waals surface area contributed by atoms with Crippen LogP contribution in [0.15, 0.2) is 18.2 Å². The monoisotopic (exact) mass is 470 g/mol. The Labute approximate surface area is 200 Å². The number of benzene rings is 1. The molecular formula is C24H32O9. The van der Waals surface area contributed by atoms with E-state index in [2.05, 4.69) is 0 Å². The summed E-state index contributed by atoms with van der Waals surface area (Å²) < 4.78 is 63.2. The van der Waals surface area contributed by atoms with Crippen molar-refractivity contribution in [2.75, 3.05) is 0 Å². The Morgan fingerprint density at radius 2 is 2.03 bits per heavy atom. The maximum atomic E-state index is 11.5. The molecule has 1 saturated heterocycles. The summed E-state index contributed by atoms with van der Waals surface area (Å²) in [6.07, 6.45) is -16.5. The number of phenolic OH excluding ortho intramolecular Hbond substituents is 1. The fourth-order valence-electron chi connectivity index (χ4n) is 5.88. The van der Waals surface area contributed by atoms with Crippen molar-refractivity contribution in [1.82, 2.24) is 0 Å². The Kier molecular flexibility index (Phi) is 4.17. The number of hydrogen-bond acceptors (Lipinski definition) is 8. The van der Waals surface area contributed by atoms with Crippen LogP contribution in [-0.2, 0) is 20.7 Å². The minimum absolute atomic E-state index is 0.0140. The molecule has 0 radical (unpaired) electrons. The highest BCUT2D eigenvalue weighted by molar-refractivity contribution is 5.73. The summed E-state index contributed by atoms with van der Waals surface area (Å²) in [7, 11) is 0. The number of rotatable bonds is 3. The van der Waals surface area contributed by atoms with Gasteiger partial charge in [-0.25, -0.2) is 4.79 Å². The van der Waals surface area contributed by atoms with Crippen LogP contribution >= 0.6 is 0 Å². The SMILES string of the molecule is [2H]c1cc2c(c([2H])c1O)C([2H])C[C@H]1[C@@H]3C[C@@]([2H])(OC4O[C@H](C(=O)O)[C@@H](O)[C@H](O)[C@H]4O)[C@]([2H])(O)[C@@]3(C)CC[C@]21[2H]. The molecule has 0 spiro atoms. The van der Waals surface area contributed by atoms with Crippen LogP contribution in [0.2, 0.25) is 0 Å². The van der Waals surface area contributed by atoms with Gasteiger partial charge in [-0.2, -0.15) is 0 Å². The van der Waals surface area contributed by atoms with E-state index in [4.69, 9.17) is 16.3 Å². The van der Waals surface area contributed by atoms with E-state index >= 15 is 0 Å². The molecule has 12 atom stereocenters. The quantitative estimate of drug-likeness (QED) is 0.370. The number of carboxylic acids is 1. The molecule has 2 unspecified atom stereocenters. The number of aliphatic carboxylic acids is 1. The van der Waals surface area contributed by atoms with Gasteiger partial charge in [-0.1, -0.05) is 13.0 Å². The fourth-order valence-corrected chi connectivity index (χ4v) is 5.88. The van der Waals surface area contributed by atoms with Crippen LogP contribution in [0.3, 0.4) is 0 Å². The molecule has 1 heterocycles. The molecule has 1 aliphatic heterocycles. The Morgan fingerprint density at radius 3 is 2.76 bits per heavy atom. The van der Waals surface area contributed by atoms with Crippen molar-refractivity contribution in [1.29, 1.82) is 0 Å². The summed E-state index contributed by atoms with van der Waals surface area (Å²) in [5, 5.41) is 61.6. The number of carboxylic acid groups (broad SMARTS) is 1. The lowest BCUT2D eigenvalue weighted by atomic mass is 9.55. The maximum absolute atomic E-state index is 11.5. The first-order valence-electron chi connectivity index (χ1n) is 14.1. The molecule has 0 amide bonds. The van der Waals surface area contributed by atoms with Crippen molar-refractivity contribution in [3.05, 3.63) is 29.3 Å². The van der Waals surface area contributed by atoms with E-state index in [9.17, 15) is 36.8 Å². The molecule has 6 N–H and O–H groups in total. The van der Waals surface area contributed by atoms with Crippen LogP contribution in [0, 0.1) is 17.3 Å². The second-order valence-corrected chi connectivity index (χ2v) is 9.51. The normalized spacial score (nSPS) is 58.3. The highest BCUT2D eigenvalue weighted by atomic mass is 16.7. The van der Waals surface area contributed by atoms with E-state index in [1.54, 1.807) is 6.92 Å². The van der Waals surface area contributed by atoms with Crippen molar-refractivity contribution in [2.24, 2.45) is 17.3 Å². The average molecular weight is 471 g/mol. The van der Waals surface area contributed by atoms with Gasteiger partial charge in [0.05, 0.1) is 17.6 Å². The summed E-state index contributed by atoms with van der Waals surface area (Å²) >= 11 is 0. The molecule has 4 aliphatic rings. The lowest BCUT2D eigenvalue weighted by Crippen LogP contribution is -2.61. The molecule has 3 fully saturated rings. The molecular weight excluding hydrogens is 432 g/mol. The minimum Gasteiger partial charge on any atom is -0.508 e. The maximum Gasteiger partial charge on any atom is 0.335 e.